The van der Waals surface area contributed by atoms with Crippen LogP contribution in [0.1, 0.15) is 36.6 Å². The lowest BCUT2D eigenvalue weighted by molar-refractivity contribution is -0.127. The maximum atomic E-state index is 12.5. The van der Waals surface area contributed by atoms with E-state index in [2.05, 4.69) is 5.32 Å². The van der Waals surface area contributed by atoms with Gasteiger partial charge in [-0.25, -0.2) is 0 Å². The van der Waals surface area contributed by atoms with Crippen LogP contribution in [0.3, 0.4) is 0 Å². The van der Waals surface area contributed by atoms with E-state index in [0.717, 1.165) is 22.4 Å². The molecule has 1 aliphatic heterocycles. The van der Waals surface area contributed by atoms with Gasteiger partial charge in [0, 0.05) is 5.02 Å². The third-order valence-corrected chi connectivity index (χ3v) is 5.11. The number of carbonyl (C=O) groups excluding carboxylic acids is 1. The van der Waals surface area contributed by atoms with Crippen molar-refractivity contribution in [3.05, 3.63) is 52.0 Å². The van der Waals surface area contributed by atoms with Crippen LogP contribution in [0.4, 0.5) is 0 Å². The third-order valence-electron chi connectivity index (χ3n) is 4.52. The van der Waals surface area contributed by atoms with Gasteiger partial charge in [-0.1, -0.05) is 17.7 Å². The molecule has 1 N–H and O–H groups in total. The van der Waals surface area contributed by atoms with Gasteiger partial charge in [0.15, 0.2) is 17.6 Å². The van der Waals surface area contributed by atoms with Crippen LogP contribution in [-0.4, -0.2) is 25.2 Å². The molecular formula is C21H24ClNO4. The summed E-state index contributed by atoms with van der Waals surface area (Å²) in [7, 11) is 0. The van der Waals surface area contributed by atoms with Crippen LogP contribution in [0.25, 0.3) is 0 Å². The van der Waals surface area contributed by atoms with Gasteiger partial charge in [0.25, 0.3) is 5.91 Å². The minimum absolute atomic E-state index is 0.187. The van der Waals surface area contributed by atoms with Gasteiger partial charge in [-0.2, -0.15) is 0 Å². The van der Waals surface area contributed by atoms with E-state index in [1.807, 2.05) is 51.1 Å². The highest BCUT2D eigenvalue weighted by Gasteiger charge is 2.20. The fraction of sp³-hybridized carbons (Fsp3) is 0.381. The van der Waals surface area contributed by atoms with Crippen molar-refractivity contribution in [1.29, 1.82) is 0 Å². The summed E-state index contributed by atoms with van der Waals surface area (Å²) < 4.78 is 16.9. The first kappa shape index (κ1) is 19.4. The number of amides is 1. The van der Waals surface area contributed by atoms with E-state index in [9.17, 15) is 4.79 Å². The number of benzene rings is 2. The predicted octanol–water partition coefficient (Wildman–Crippen LogP) is 4.37. The second-order valence-corrected chi connectivity index (χ2v) is 7.14. The molecule has 0 aliphatic carbocycles. The fourth-order valence-electron chi connectivity index (χ4n) is 2.98. The number of hydrogen-bond acceptors (Lipinski definition) is 4. The molecule has 1 aliphatic rings. The second kappa shape index (κ2) is 8.09. The number of ether oxygens (including phenoxy) is 3. The second-order valence-electron chi connectivity index (χ2n) is 6.76. The molecule has 6 heteroatoms. The van der Waals surface area contributed by atoms with Gasteiger partial charge in [0.1, 0.15) is 19.0 Å². The number of aryl methyl sites for hydroxylation is 2. The Morgan fingerprint density at radius 3 is 2.37 bits per heavy atom. The smallest absolute Gasteiger partial charge is 0.261 e. The van der Waals surface area contributed by atoms with E-state index >= 15 is 0 Å². The lowest BCUT2D eigenvalue weighted by atomic mass is 10.1. The molecule has 2 atom stereocenters. The Kier molecular flexibility index (Phi) is 5.80. The normalized spacial score (nSPS) is 15.0. The van der Waals surface area contributed by atoms with E-state index in [1.165, 1.54) is 0 Å². The fourth-order valence-corrected chi connectivity index (χ4v) is 3.08. The van der Waals surface area contributed by atoms with Crippen LogP contribution in [0.2, 0.25) is 5.02 Å². The average Bonchev–Trinajstić information content (AvgIpc) is 2.65. The minimum atomic E-state index is -0.635. The van der Waals surface area contributed by atoms with Gasteiger partial charge in [0.05, 0.1) is 6.04 Å². The van der Waals surface area contributed by atoms with E-state index in [-0.39, 0.29) is 11.9 Å². The van der Waals surface area contributed by atoms with Crippen molar-refractivity contribution in [2.45, 2.75) is 39.8 Å². The molecular weight excluding hydrogens is 366 g/mol. The number of fused-ring (bicyclic) bond motifs is 1. The summed E-state index contributed by atoms with van der Waals surface area (Å²) in [5.74, 6) is 1.87. The molecule has 0 saturated carbocycles. The number of halogens is 1. The zero-order valence-electron chi connectivity index (χ0n) is 16.0. The lowest BCUT2D eigenvalue weighted by Crippen LogP contribution is -2.37. The summed E-state index contributed by atoms with van der Waals surface area (Å²) in [6.07, 6.45) is -0.635. The lowest BCUT2D eigenvalue weighted by Gasteiger charge is -2.22. The Morgan fingerprint density at radius 2 is 1.70 bits per heavy atom. The van der Waals surface area contributed by atoms with Gasteiger partial charge < -0.3 is 19.5 Å². The first-order valence-corrected chi connectivity index (χ1v) is 9.36. The molecule has 0 unspecified atom stereocenters. The van der Waals surface area contributed by atoms with Gasteiger partial charge in [-0.05, 0) is 68.7 Å². The molecule has 0 bridgehead atoms. The first-order chi connectivity index (χ1) is 12.8. The minimum Gasteiger partial charge on any atom is -0.486 e. The van der Waals surface area contributed by atoms with Crippen molar-refractivity contribution >= 4 is 17.5 Å². The Hall–Kier alpha value is -2.40. The van der Waals surface area contributed by atoms with Crippen LogP contribution < -0.4 is 19.5 Å². The van der Waals surface area contributed by atoms with Crippen molar-refractivity contribution < 1.29 is 19.0 Å². The molecule has 1 amide bonds. The van der Waals surface area contributed by atoms with Crippen LogP contribution in [0.15, 0.2) is 30.3 Å². The first-order valence-electron chi connectivity index (χ1n) is 8.98. The molecule has 0 aromatic heterocycles. The molecule has 0 fully saturated rings. The molecule has 2 aromatic carbocycles. The van der Waals surface area contributed by atoms with Crippen molar-refractivity contribution in [3.63, 3.8) is 0 Å². The summed E-state index contributed by atoms with van der Waals surface area (Å²) in [4.78, 5) is 12.5. The highest BCUT2D eigenvalue weighted by Crippen LogP contribution is 2.32. The monoisotopic (exact) mass is 389 g/mol. The van der Waals surface area contributed by atoms with Gasteiger partial charge in [-0.15, -0.1) is 0 Å². The topological polar surface area (TPSA) is 56.8 Å². The molecule has 27 heavy (non-hydrogen) atoms. The summed E-state index contributed by atoms with van der Waals surface area (Å²) in [5.41, 5.74) is 2.78. The maximum Gasteiger partial charge on any atom is 0.261 e. The summed E-state index contributed by atoms with van der Waals surface area (Å²) in [6.45, 7) is 8.56. The molecule has 2 aromatic rings. The Balaban J connectivity index is 1.64. The van der Waals surface area contributed by atoms with Gasteiger partial charge in [-0.3, -0.25) is 4.79 Å². The van der Waals surface area contributed by atoms with Gasteiger partial charge in [0.2, 0.25) is 0 Å². The summed E-state index contributed by atoms with van der Waals surface area (Å²) >= 11 is 6.18. The SMILES string of the molecule is Cc1cc(O[C@H](C)C(=O)N[C@H](C)c2ccc3c(c2)OCCO3)cc(C)c1Cl. The maximum absolute atomic E-state index is 12.5. The molecule has 144 valence electrons. The molecule has 1 heterocycles. The van der Waals surface area contributed by atoms with E-state index < -0.39 is 6.10 Å². The van der Waals surface area contributed by atoms with Crippen molar-refractivity contribution in [3.8, 4) is 17.2 Å². The third kappa shape index (κ3) is 4.48. The van der Waals surface area contributed by atoms with Crippen molar-refractivity contribution in [2.75, 3.05) is 13.2 Å². The van der Waals surface area contributed by atoms with Crippen LogP contribution in [0, 0.1) is 13.8 Å². The van der Waals surface area contributed by atoms with E-state index in [0.29, 0.717) is 29.7 Å². The van der Waals surface area contributed by atoms with E-state index in [1.54, 1.807) is 6.92 Å². The molecule has 3 rings (SSSR count). The van der Waals surface area contributed by atoms with Gasteiger partial charge >= 0.3 is 0 Å². The summed E-state index contributed by atoms with van der Waals surface area (Å²) in [6, 6.07) is 9.18. The Labute approximate surface area is 164 Å². The van der Waals surface area contributed by atoms with Crippen molar-refractivity contribution in [2.24, 2.45) is 0 Å². The number of hydrogen-bond donors (Lipinski definition) is 1. The average molecular weight is 390 g/mol. The quantitative estimate of drug-likeness (QED) is 0.824. The molecule has 0 saturated heterocycles. The van der Waals surface area contributed by atoms with Crippen LogP contribution in [0.5, 0.6) is 17.2 Å². The number of nitrogens with one attached hydrogen (secondary N) is 1. The highest BCUT2D eigenvalue weighted by molar-refractivity contribution is 6.32. The summed E-state index contributed by atoms with van der Waals surface area (Å²) in [5, 5.41) is 3.69. The van der Waals surface area contributed by atoms with Crippen LogP contribution in [-0.2, 0) is 4.79 Å². The van der Waals surface area contributed by atoms with Crippen molar-refractivity contribution in [1.82, 2.24) is 5.32 Å². The molecule has 0 spiro atoms. The zero-order valence-corrected chi connectivity index (χ0v) is 16.7. The standard InChI is InChI=1S/C21H24ClNO4/c1-12-9-17(10-13(2)20(12)22)27-15(4)21(24)23-14(3)16-5-6-18-19(11-16)26-8-7-25-18/h5-6,9-11,14-15H,7-8H2,1-4H3,(H,23,24)/t14-,15-/m1/s1. The zero-order chi connectivity index (χ0) is 19.6. The molecule has 0 radical (unpaired) electrons. The Morgan fingerprint density at radius 1 is 1.07 bits per heavy atom. The largest absolute Gasteiger partial charge is 0.486 e. The van der Waals surface area contributed by atoms with E-state index in [4.69, 9.17) is 25.8 Å². The van der Waals surface area contributed by atoms with Crippen LogP contribution >= 0.6 is 11.6 Å². The highest BCUT2D eigenvalue weighted by atomic mass is 35.5. The predicted molar refractivity (Wildman–Crippen MR) is 105 cm³/mol. The Bertz CT molecular complexity index is 829. The number of rotatable bonds is 5. The number of carbonyl (C=O) groups is 1. The molecule has 5 nitrogen and oxygen atoms in total.